The normalized spacial score (nSPS) is 22.6. The molecular formula is C22H20N4O8S2. The molecule has 2 aliphatic rings. The van der Waals surface area contributed by atoms with Crippen LogP contribution in [0.3, 0.4) is 0 Å². The summed E-state index contributed by atoms with van der Waals surface area (Å²) in [5.74, 6) is -3.26. The van der Waals surface area contributed by atoms with Gasteiger partial charge >= 0.3 is 5.97 Å². The Morgan fingerprint density at radius 1 is 1.31 bits per heavy atom. The molecule has 2 aliphatic heterocycles. The number of non-ortho nitro benzene ring substituents is 1. The van der Waals surface area contributed by atoms with Crippen LogP contribution in [-0.2, 0) is 25.8 Å². The van der Waals surface area contributed by atoms with Gasteiger partial charge in [0.2, 0.25) is 5.91 Å². The lowest BCUT2D eigenvalue weighted by Gasteiger charge is -2.47. The van der Waals surface area contributed by atoms with Gasteiger partial charge in [-0.15, -0.1) is 11.3 Å². The van der Waals surface area contributed by atoms with E-state index in [9.17, 15) is 38.3 Å². The molecule has 188 valence electrons. The number of sulfone groups is 1. The van der Waals surface area contributed by atoms with Crippen molar-refractivity contribution in [3.05, 3.63) is 63.0 Å². The number of aliphatic hydroxyl groups is 1. The van der Waals surface area contributed by atoms with Crippen LogP contribution in [0.25, 0.3) is 10.4 Å². The van der Waals surface area contributed by atoms with Gasteiger partial charge in [-0.05, 0) is 18.9 Å². The van der Waals surface area contributed by atoms with E-state index in [1.807, 2.05) is 0 Å². The molecule has 0 aliphatic carbocycles. The number of thiazole rings is 1. The number of nitro groups is 1. The molecule has 2 aromatic heterocycles. The minimum atomic E-state index is -3.64. The predicted octanol–water partition coefficient (Wildman–Crippen LogP) is 1.58. The highest BCUT2D eigenvalue weighted by molar-refractivity contribution is 7.91. The Morgan fingerprint density at radius 2 is 1.97 bits per heavy atom. The van der Waals surface area contributed by atoms with Crippen molar-refractivity contribution in [2.45, 2.75) is 30.5 Å². The molecule has 1 amide bonds. The summed E-state index contributed by atoms with van der Waals surface area (Å²) >= 11 is 1.09. The third kappa shape index (κ3) is 3.51. The lowest BCUT2D eigenvalue weighted by Crippen LogP contribution is -2.64. The van der Waals surface area contributed by atoms with Gasteiger partial charge in [0.1, 0.15) is 16.9 Å². The number of β-lactam (4-membered cyclic amide) rings is 1. The Labute approximate surface area is 208 Å². The van der Waals surface area contributed by atoms with Gasteiger partial charge in [0, 0.05) is 35.3 Å². The zero-order valence-corrected chi connectivity index (χ0v) is 20.6. The van der Waals surface area contributed by atoms with E-state index in [4.69, 9.17) is 0 Å². The number of carboxylic acids is 1. The standard InChI is InChI=1S/C22H20N4O8S2/c1-10(27)15-17-13(7-11-3-5-12(6-4-11)26(31)32)16(18(22(29)30)25(17)20(15)28)14-8-35-21-19(36(2,33)34)23-9-24(14)21/h3-6,8-10,13,15,17,27H,7H2,1-2H3,(H,29,30)/t10-,13?,15-,17-/m1/s1. The van der Waals surface area contributed by atoms with Crippen LogP contribution in [0.15, 0.2) is 46.7 Å². The van der Waals surface area contributed by atoms with E-state index in [1.165, 1.54) is 34.7 Å². The molecule has 0 spiro atoms. The zero-order valence-electron chi connectivity index (χ0n) is 18.9. The average Bonchev–Trinajstić information content (AvgIpc) is 3.44. The van der Waals surface area contributed by atoms with E-state index in [1.54, 1.807) is 17.5 Å². The molecule has 3 aromatic rings. The smallest absolute Gasteiger partial charge is 0.352 e. The second-order valence-electron chi connectivity index (χ2n) is 8.88. The minimum absolute atomic E-state index is 0.0965. The molecule has 0 saturated carbocycles. The number of rotatable bonds is 7. The van der Waals surface area contributed by atoms with Crippen LogP contribution in [0.2, 0.25) is 0 Å². The molecule has 4 heterocycles. The van der Waals surface area contributed by atoms with Crippen molar-refractivity contribution < 1.29 is 33.1 Å². The summed E-state index contributed by atoms with van der Waals surface area (Å²) in [6, 6.07) is 5.18. The maximum Gasteiger partial charge on any atom is 0.352 e. The summed E-state index contributed by atoms with van der Waals surface area (Å²) in [7, 11) is -3.64. The van der Waals surface area contributed by atoms with Crippen molar-refractivity contribution in [2.24, 2.45) is 11.8 Å². The Balaban J connectivity index is 1.68. The molecule has 14 heteroatoms. The number of aliphatic carboxylic acids is 1. The van der Waals surface area contributed by atoms with Crippen molar-refractivity contribution in [2.75, 3.05) is 6.26 Å². The summed E-state index contributed by atoms with van der Waals surface area (Å²) in [6.45, 7) is 1.47. The van der Waals surface area contributed by atoms with E-state index in [0.717, 1.165) is 17.6 Å². The largest absolute Gasteiger partial charge is 0.477 e. The maximum absolute atomic E-state index is 12.9. The number of fused-ring (bicyclic) bond motifs is 2. The molecule has 36 heavy (non-hydrogen) atoms. The Bertz CT molecular complexity index is 1570. The first kappa shape index (κ1) is 24.1. The number of nitro benzene ring substituents is 1. The highest BCUT2D eigenvalue weighted by atomic mass is 32.2. The van der Waals surface area contributed by atoms with Crippen molar-refractivity contribution in [1.29, 1.82) is 0 Å². The monoisotopic (exact) mass is 532 g/mol. The van der Waals surface area contributed by atoms with Crippen LogP contribution in [0, 0.1) is 22.0 Å². The number of imidazole rings is 1. The number of nitrogens with zero attached hydrogens (tertiary/aromatic N) is 4. The summed E-state index contributed by atoms with van der Waals surface area (Å²) in [6.07, 6.45) is 1.53. The van der Waals surface area contributed by atoms with Crippen LogP contribution in [0.4, 0.5) is 5.69 Å². The van der Waals surface area contributed by atoms with Gasteiger partial charge in [0.25, 0.3) is 5.69 Å². The first-order chi connectivity index (χ1) is 16.9. The Morgan fingerprint density at radius 3 is 2.53 bits per heavy atom. The fourth-order valence-corrected chi connectivity index (χ4v) is 7.29. The fraction of sp³-hybridized carbons (Fsp3) is 0.318. The topological polar surface area (TPSA) is 172 Å². The molecular weight excluding hydrogens is 512 g/mol. The number of hydrogen-bond donors (Lipinski definition) is 2. The van der Waals surface area contributed by atoms with E-state index < -0.39 is 50.6 Å². The van der Waals surface area contributed by atoms with Gasteiger partial charge in [-0.25, -0.2) is 18.2 Å². The number of aromatic nitrogens is 2. The fourth-order valence-electron chi connectivity index (χ4n) is 5.17. The molecule has 5 rings (SSSR count). The first-order valence-corrected chi connectivity index (χ1v) is 13.6. The van der Waals surface area contributed by atoms with E-state index in [2.05, 4.69) is 4.98 Å². The second-order valence-corrected chi connectivity index (χ2v) is 11.7. The molecule has 1 saturated heterocycles. The highest BCUT2D eigenvalue weighted by Gasteiger charge is 2.61. The molecule has 12 nitrogen and oxygen atoms in total. The van der Waals surface area contributed by atoms with Crippen molar-refractivity contribution in [3.8, 4) is 0 Å². The molecule has 1 fully saturated rings. The van der Waals surface area contributed by atoms with Crippen LogP contribution >= 0.6 is 11.3 Å². The highest BCUT2D eigenvalue weighted by Crippen LogP contribution is 2.52. The van der Waals surface area contributed by atoms with Crippen molar-refractivity contribution in [3.63, 3.8) is 0 Å². The van der Waals surface area contributed by atoms with Crippen molar-refractivity contribution >= 4 is 49.1 Å². The van der Waals surface area contributed by atoms with E-state index in [0.29, 0.717) is 21.7 Å². The Hall–Kier alpha value is -3.62. The lowest BCUT2D eigenvalue weighted by atomic mass is 9.74. The number of carbonyl (C=O) groups is 2. The minimum Gasteiger partial charge on any atom is -0.477 e. The quantitative estimate of drug-likeness (QED) is 0.260. The van der Waals surface area contributed by atoms with Gasteiger partial charge in [0.05, 0.1) is 28.7 Å². The molecule has 0 radical (unpaired) electrons. The van der Waals surface area contributed by atoms with Crippen LogP contribution < -0.4 is 0 Å². The molecule has 2 N–H and O–H groups in total. The molecule has 4 atom stereocenters. The molecule has 1 unspecified atom stereocenters. The summed E-state index contributed by atoms with van der Waals surface area (Å²) in [4.78, 5) is 41.4. The average molecular weight is 533 g/mol. The number of hydrogen-bond acceptors (Lipinski definition) is 9. The number of carboxylic acid groups (broad SMARTS) is 1. The number of carbonyl (C=O) groups excluding carboxylic acids is 1. The SMILES string of the molecule is C[C@@H](O)[C@H]1C(=O)N2C(C(=O)O)=C(c3csc4c(S(C)(=O)=O)ncn34)C(Cc3ccc([N+](=O)[O-])cc3)[C@H]12. The van der Waals surface area contributed by atoms with Gasteiger partial charge in [-0.1, -0.05) is 12.1 Å². The van der Waals surface area contributed by atoms with Gasteiger partial charge < -0.3 is 15.1 Å². The van der Waals surface area contributed by atoms with Gasteiger partial charge in [0.15, 0.2) is 14.9 Å². The molecule has 0 bridgehead atoms. The maximum atomic E-state index is 12.9. The van der Waals surface area contributed by atoms with Crippen LogP contribution in [-0.4, -0.2) is 68.1 Å². The third-order valence-corrected chi connectivity index (χ3v) is 8.74. The van der Waals surface area contributed by atoms with E-state index in [-0.39, 0.29) is 22.8 Å². The van der Waals surface area contributed by atoms with Gasteiger partial charge in [-0.2, -0.15) is 0 Å². The summed E-state index contributed by atoms with van der Waals surface area (Å²) in [5, 5.41) is 33.0. The zero-order chi connectivity index (χ0) is 26.1. The molecule has 1 aromatic carbocycles. The lowest BCUT2D eigenvalue weighted by molar-refractivity contribution is -0.384. The number of aliphatic hydroxyl groups excluding tert-OH is 1. The Kier molecular flexibility index (Phi) is 5.50. The number of benzene rings is 1. The van der Waals surface area contributed by atoms with Crippen LogP contribution in [0.5, 0.6) is 0 Å². The van der Waals surface area contributed by atoms with Crippen molar-refractivity contribution in [1.82, 2.24) is 14.3 Å². The third-order valence-electron chi connectivity index (χ3n) is 6.65. The second kappa shape index (κ2) is 8.21. The van der Waals surface area contributed by atoms with Gasteiger partial charge in [-0.3, -0.25) is 19.3 Å². The summed E-state index contributed by atoms with van der Waals surface area (Å²) in [5.41, 5.74) is 1.04. The van der Waals surface area contributed by atoms with E-state index >= 15 is 0 Å². The summed E-state index contributed by atoms with van der Waals surface area (Å²) < 4.78 is 25.8. The van der Waals surface area contributed by atoms with Crippen LogP contribution in [0.1, 0.15) is 18.2 Å². The number of amides is 1. The predicted molar refractivity (Wildman–Crippen MR) is 127 cm³/mol. The first-order valence-electron chi connectivity index (χ1n) is 10.8.